The number of aryl methyl sites for hydroxylation is 3. The molecule has 0 radical (unpaired) electrons. The maximum atomic E-state index is 5.22. The molecule has 0 amide bonds. The predicted molar refractivity (Wildman–Crippen MR) is 277 cm³/mol. The van der Waals surface area contributed by atoms with Crippen molar-refractivity contribution in [3.05, 3.63) is 226 Å². The van der Waals surface area contributed by atoms with Crippen LogP contribution in [-0.4, -0.2) is 11.1 Å². The Morgan fingerprint density at radius 1 is 0.492 bits per heavy atom. The highest BCUT2D eigenvalue weighted by molar-refractivity contribution is 6.09. The molecule has 0 atom stereocenters. The summed E-state index contributed by atoms with van der Waals surface area (Å²) >= 11 is 0. The van der Waals surface area contributed by atoms with Gasteiger partial charge in [-0.15, -0.1) is 6.42 Å². The molecule has 0 saturated heterocycles. The van der Waals surface area contributed by atoms with E-state index in [2.05, 4.69) is 230 Å². The van der Waals surface area contributed by atoms with E-state index in [1.165, 1.54) is 99.9 Å². The zero-order chi connectivity index (χ0) is 44.0. The number of hydrogen-bond acceptors (Lipinski definition) is 1. The largest absolute Gasteiger partial charge is 0.344 e. The van der Waals surface area contributed by atoms with Gasteiger partial charge in [-0.25, -0.2) is 0 Å². The summed E-state index contributed by atoms with van der Waals surface area (Å²) in [6.07, 6.45) is 7.35. The molecule has 8 aromatic carbocycles. The van der Waals surface area contributed by atoms with Gasteiger partial charge in [-0.1, -0.05) is 173 Å². The third-order valence-corrected chi connectivity index (χ3v) is 14.2. The Bertz CT molecular complexity index is 3060. The van der Waals surface area contributed by atoms with Crippen LogP contribution in [0.15, 0.2) is 182 Å². The molecule has 0 saturated carbocycles. The lowest BCUT2D eigenvalue weighted by atomic mass is 9.73. The molecule has 2 heteroatoms. The number of terminal acetylenes is 1. The average molecular weight is 841 g/mol. The van der Waals surface area contributed by atoms with Crippen molar-refractivity contribution in [3.8, 4) is 46.4 Å². The number of hydrogen-bond donors (Lipinski definition) is 0. The Morgan fingerprint density at radius 2 is 0.846 bits per heavy atom. The Kier molecular flexibility index (Phi) is 11.3. The second kappa shape index (κ2) is 17.2. The summed E-state index contributed by atoms with van der Waals surface area (Å²) in [5, 5.41) is 2.64. The fourth-order valence-electron chi connectivity index (χ4n) is 11.1. The predicted octanol–water partition coefficient (Wildman–Crippen LogP) is 15.2. The van der Waals surface area contributed by atoms with Crippen molar-refractivity contribution in [3.63, 3.8) is 0 Å². The topological polar surface area (TPSA) is 8.17 Å². The van der Waals surface area contributed by atoms with Gasteiger partial charge in [0, 0.05) is 51.1 Å². The molecule has 2 heterocycles. The minimum absolute atomic E-state index is 0. The molecule has 318 valence electrons. The van der Waals surface area contributed by atoms with Crippen LogP contribution in [0.2, 0.25) is 0 Å². The number of fused-ring (bicyclic) bond motifs is 11. The van der Waals surface area contributed by atoms with Crippen LogP contribution >= 0.6 is 0 Å². The molecule has 0 fully saturated rings. The van der Waals surface area contributed by atoms with Crippen LogP contribution < -0.4 is 4.90 Å². The summed E-state index contributed by atoms with van der Waals surface area (Å²) in [7, 11) is 2.20. The van der Waals surface area contributed by atoms with E-state index in [1.54, 1.807) is 0 Å². The highest BCUT2D eigenvalue weighted by atomic mass is 15.1. The Morgan fingerprint density at radius 3 is 1.23 bits per heavy atom. The van der Waals surface area contributed by atoms with E-state index >= 15 is 0 Å². The van der Waals surface area contributed by atoms with E-state index in [0.717, 1.165) is 12.8 Å². The van der Waals surface area contributed by atoms with Crippen molar-refractivity contribution in [1.82, 2.24) is 4.57 Å². The average Bonchev–Trinajstić information content (AvgIpc) is 3.85. The number of anilines is 2. The Labute approximate surface area is 386 Å². The quantitative estimate of drug-likeness (QED) is 0.161. The molecule has 1 aliphatic heterocycles. The molecule has 65 heavy (non-hydrogen) atoms. The van der Waals surface area contributed by atoms with E-state index in [1.807, 2.05) is 13.8 Å². The lowest BCUT2D eigenvalue weighted by molar-refractivity contribution is 0.714. The molecule has 2 nitrogen and oxygen atoms in total. The normalized spacial score (nSPS) is 13.8. The van der Waals surface area contributed by atoms with Crippen LogP contribution in [0.1, 0.15) is 79.6 Å². The highest BCUT2D eigenvalue weighted by Gasteiger charge is 2.42. The van der Waals surface area contributed by atoms with Gasteiger partial charge in [0.2, 0.25) is 0 Å². The second-order valence-corrected chi connectivity index (χ2v) is 17.2. The third-order valence-electron chi connectivity index (χ3n) is 14.2. The van der Waals surface area contributed by atoms with E-state index in [0.29, 0.717) is 6.54 Å². The number of para-hydroxylation sites is 2. The third kappa shape index (κ3) is 6.67. The lowest BCUT2D eigenvalue weighted by Crippen LogP contribution is -2.22. The van der Waals surface area contributed by atoms with Gasteiger partial charge < -0.3 is 9.47 Å². The van der Waals surface area contributed by atoms with Gasteiger partial charge in [0.1, 0.15) is 0 Å². The van der Waals surface area contributed by atoms with E-state index < -0.39 is 0 Å². The zero-order valence-corrected chi connectivity index (χ0v) is 37.4. The Balaban J connectivity index is 0.000000196. The molecule has 0 N–H and O–H groups in total. The van der Waals surface area contributed by atoms with Crippen molar-refractivity contribution in [2.45, 2.75) is 58.8 Å². The first-order chi connectivity index (χ1) is 31.4. The SMILES string of the molecule is C.C#CC#CCN1c2ccccc2CCc2ccccc21.CC.Cn1c2ccc(C3(C)c4ccccc4-c4ccccc43)cc2c2cc(C3(C)c4ccccc4-c4ccccc43)ccc21. The van der Waals surface area contributed by atoms with Gasteiger partial charge in [-0.3, -0.25) is 0 Å². The zero-order valence-electron chi connectivity index (χ0n) is 37.4. The second-order valence-electron chi connectivity index (χ2n) is 17.2. The number of aromatic nitrogens is 1. The molecule has 0 unspecified atom stereocenters. The smallest absolute Gasteiger partial charge is 0.0853 e. The summed E-state index contributed by atoms with van der Waals surface area (Å²) in [6, 6.07) is 67.2. The number of benzene rings is 8. The van der Waals surface area contributed by atoms with E-state index in [-0.39, 0.29) is 18.3 Å². The van der Waals surface area contributed by atoms with Crippen LogP contribution in [0.3, 0.4) is 0 Å². The summed E-state index contributed by atoms with van der Waals surface area (Å²) < 4.78 is 2.36. The molecular formula is C63H56N2. The van der Waals surface area contributed by atoms with Crippen molar-refractivity contribution >= 4 is 33.2 Å². The van der Waals surface area contributed by atoms with Crippen LogP contribution in [0, 0.1) is 24.2 Å². The number of rotatable bonds is 3. The van der Waals surface area contributed by atoms with Crippen molar-refractivity contribution < 1.29 is 0 Å². The van der Waals surface area contributed by atoms with Gasteiger partial charge in [0.25, 0.3) is 0 Å². The number of nitrogens with zero attached hydrogens (tertiary/aromatic N) is 2. The first-order valence-electron chi connectivity index (χ1n) is 22.7. The summed E-state index contributed by atoms with van der Waals surface area (Å²) in [6.45, 7) is 9.43. The minimum Gasteiger partial charge on any atom is -0.344 e. The monoisotopic (exact) mass is 840 g/mol. The minimum atomic E-state index is -0.212. The van der Waals surface area contributed by atoms with Crippen LogP contribution in [-0.2, 0) is 30.7 Å². The van der Waals surface area contributed by atoms with Crippen LogP contribution in [0.5, 0.6) is 0 Å². The molecule has 3 aliphatic rings. The van der Waals surface area contributed by atoms with Gasteiger partial charge in [-0.05, 0) is 142 Å². The fraction of sp³-hybridized carbons (Fsp3) is 0.175. The van der Waals surface area contributed by atoms with Crippen molar-refractivity contribution in [2.75, 3.05) is 11.4 Å². The molecule has 0 spiro atoms. The maximum absolute atomic E-state index is 5.22. The molecule has 2 aliphatic carbocycles. The van der Waals surface area contributed by atoms with E-state index in [4.69, 9.17) is 6.42 Å². The first kappa shape index (κ1) is 42.8. The molecule has 12 rings (SSSR count). The van der Waals surface area contributed by atoms with Crippen LogP contribution in [0.25, 0.3) is 44.1 Å². The molecular weight excluding hydrogens is 785 g/mol. The van der Waals surface area contributed by atoms with Crippen molar-refractivity contribution in [2.24, 2.45) is 7.05 Å². The maximum Gasteiger partial charge on any atom is 0.0853 e. The van der Waals surface area contributed by atoms with Crippen LogP contribution in [0.4, 0.5) is 11.4 Å². The standard InChI is InChI=1S/C41H31N.C19H15N.C2H6.CH4/c1-40(34-16-8-4-12-28(34)29-13-5-9-17-35(29)40)26-20-22-38-32(24-26)33-25-27(21-23-39(33)42(38)3)41(2)36-18-10-6-14-30(36)31-15-7-11-19-37(31)41;1-2-3-8-15-20-18-11-6-4-9-16(18)13-14-17-10-5-7-12-19(17)20;1-2;/h4-25H,1-3H3;1,4-7,9-12H,13-15H2;1-2H3;1H4. The van der Waals surface area contributed by atoms with E-state index in [9.17, 15) is 0 Å². The lowest BCUT2D eigenvalue weighted by Gasteiger charge is -2.29. The van der Waals surface area contributed by atoms with Crippen molar-refractivity contribution in [1.29, 1.82) is 0 Å². The Hall–Kier alpha value is -7.52. The van der Waals surface area contributed by atoms with Gasteiger partial charge in [0.15, 0.2) is 0 Å². The summed E-state index contributed by atoms with van der Waals surface area (Å²) in [4.78, 5) is 2.27. The fourth-order valence-corrected chi connectivity index (χ4v) is 11.1. The van der Waals surface area contributed by atoms with Gasteiger partial charge in [0.05, 0.1) is 6.54 Å². The summed E-state index contributed by atoms with van der Waals surface area (Å²) in [5.41, 5.74) is 21.0. The first-order valence-corrected chi connectivity index (χ1v) is 22.7. The van der Waals surface area contributed by atoms with Gasteiger partial charge in [-0.2, -0.15) is 0 Å². The molecule has 9 aromatic rings. The molecule has 0 bridgehead atoms. The highest BCUT2D eigenvalue weighted by Crippen LogP contribution is 2.54. The van der Waals surface area contributed by atoms with Gasteiger partial charge >= 0.3 is 0 Å². The summed E-state index contributed by atoms with van der Waals surface area (Å²) in [5.74, 6) is 8.15. The molecule has 1 aromatic heterocycles.